The Morgan fingerprint density at radius 2 is 2.04 bits per heavy atom. The van der Waals surface area contributed by atoms with Gasteiger partial charge in [-0.25, -0.2) is 9.89 Å². The molecule has 0 bridgehead atoms. The van der Waals surface area contributed by atoms with Crippen molar-refractivity contribution in [3.63, 3.8) is 0 Å². The van der Waals surface area contributed by atoms with E-state index in [9.17, 15) is 9.59 Å². The zero-order chi connectivity index (χ0) is 16.1. The Morgan fingerprint density at radius 1 is 1.22 bits per heavy atom. The van der Waals surface area contributed by atoms with Crippen molar-refractivity contribution in [3.8, 4) is 0 Å². The summed E-state index contributed by atoms with van der Waals surface area (Å²) in [5.74, 6) is 0.0394. The summed E-state index contributed by atoms with van der Waals surface area (Å²) in [7, 11) is 0. The van der Waals surface area contributed by atoms with Crippen molar-refractivity contribution in [2.75, 3.05) is 6.54 Å². The molecule has 0 unspecified atom stereocenters. The molecule has 23 heavy (non-hydrogen) atoms. The Balaban J connectivity index is 1.70. The van der Waals surface area contributed by atoms with Gasteiger partial charge in [-0.15, -0.1) is 5.10 Å². The zero-order valence-electron chi connectivity index (χ0n) is 12.8. The first-order chi connectivity index (χ1) is 11.2. The van der Waals surface area contributed by atoms with Crippen LogP contribution in [-0.2, 0) is 17.8 Å². The van der Waals surface area contributed by atoms with Gasteiger partial charge in [0.2, 0.25) is 5.91 Å². The van der Waals surface area contributed by atoms with Crippen molar-refractivity contribution in [3.05, 3.63) is 46.4 Å². The van der Waals surface area contributed by atoms with Gasteiger partial charge in [-0.1, -0.05) is 48.5 Å². The molecule has 122 valence electrons. The third-order valence-corrected chi connectivity index (χ3v) is 5.18. The summed E-state index contributed by atoms with van der Waals surface area (Å²) < 4.78 is 1.62. The summed E-state index contributed by atoms with van der Waals surface area (Å²) in [6.45, 7) is 1.29. The number of benzene rings is 1. The second-order valence-electron chi connectivity index (χ2n) is 5.59. The van der Waals surface area contributed by atoms with Crippen molar-refractivity contribution < 1.29 is 4.79 Å². The fraction of sp³-hybridized carbons (Fsp3) is 0.438. The molecule has 0 saturated carbocycles. The summed E-state index contributed by atoms with van der Waals surface area (Å²) in [6, 6.07) is 10.0. The predicted molar refractivity (Wildman–Crippen MR) is 89.5 cm³/mol. The van der Waals surface area contributed by atoms with Crippen molar-refractivity contribution >= 4 is 17.7 Å². The van der Waals surface area contributed by atoms with Gasteiger partial charge in [-0.3, -0.25) is 9.36 Å². The van der Waals surface area contributed by atoms with Gasteiger partial charge in [0.1, 0.15) is 0 Å². The first kappa shape index (κ1) is 15.9. The van der Waals surface area contributed by atoms with Crippen molar-refractivity contribution in [2.45, 2.75) is 42.6 Å². The van der Waals surface area contributed by atoms with E-state index in [1.165, 1.54) is 17.3 Å². The number of aromatic nitrogens is 3. The third-order valence-electron chi connectivity index (χ3n) is 3.92. The molecule has 2 aromatic rings. The number of rotatable bonds is 5. The molecular weight excluding hydrogens is 312 g/mol. The number of carbonyl (C=O) groups excluding carboxylic acids is 1. The number of thioether (sulfide) groups is 1. The number of carbonyl (C=O) groups is 1. The number of nitrogens with zero attached hydrogens (tertiary/aromatic N) is 2. The van der Waals surface area contributed by atoms with Crippen molar-refractivity contribution in [1.29, 1.82) is 0 Å². The molecule has 2 heterocycles. The summed E-state index contributed by atoms with van der Waals surface area (Å²) in [4.78, 5) is 24.0. The van der Waals surface area contributed by atoms with Crippen LogP contribution in [0.15, 0.2) is 40.3 Å². The first-order valence-electron chi connectivity index (χ1n) is 7.87. The van der Waals surface area contributed by atoms with Crippen LogP contribution >= 0.6 is 11.8 Å². The van der Waals surface area contributed by atoms with E-state index >= 15 is 0 Å². The lowest BCUT2D eigenvalue weighted by Gasteiger charge is -2.12. The standard InChI is InChI=1S/C16H20N4O2S/c21-14-13(8-4-5-10-17-14)23-16-19-18-15(22)20(16)11-9-12-6-2-1-3-7-12/h1-3,6-7,13H,4-5,8-11H2,(H,17,21)(H,18,22)/t13-/m0/s1. The monoisotopic (exact) mass is 332 g/mol. The predicted octanol–water partition coefficient (Wildman–Crippen LogP) is 1.57. The zero-order valence-corrected chi connectivity index (χ0v) is 13.6. The molecular formula is C16H20N4O2S. The topological polar surface area (TPSA) is 79.8 Å². The van der Waals surface area contributed by atoms with Crippen LogP contribution in [0.3, 0.4) is 0 Å². The number of hydrogen-bond acceptors (Lipinski definition) is 4. The van der Waals surface area contributed by atoms with Gasteiger partial charge in [0.25, 0.3) is 0 Å². The molecule has 1 amide bonds. The molecule has 0 radical (unpaired) electrons. The van der Waals surface area contributed by atoms with Crippen molar-refractivity contribution in [2.24, 2.45) is 0 Å². The highest BCUT2D eigenvalue weighted by atomic mass is 32.2. The maximum absolute atomic E-state index is 12.1. The second kappa shape index (κ2) is 7.50. The van der Waals surface area contributed by atoms with E-state index in [1.54, 1.807) is 4.57 Å². The minimum atomic E-state index is -0.225. The molecule has 6 nitrogen and oxygen atoms in total. The minimum Gasteiger partial charge on any atom is -0.355 e. The number of hydrogen-bond donors (Lipinski definition) is 2. The van der Waals surface area contributed by atoms with E-state index in [-0.39, 0.29) is 16.8 Å². The second-order valence-corrected chi connectivity index (χ2v) is 6.76. The van der Waals surface area contributed by atoms with Crippen LogP contribution in [0.4, 0.5) is 0 Å². The maximum atomic E-state index is 12.1. The van der Waals surface area contributed by atoms with Crippen LogP contribution in [0, 0.1) is 0 Å². The molecule has 1 aromatic carbocycles. The number of H-pyrrole nitrogens is 1. The smallest absolute Gasteiger partial charge is 0.343 e. The lowest BCUT2D eigenvalue weighted by Crippen LogP contribution is -2.31. The van der Waals surface area contributed by atoms with Gasteiger partial charge >= 0.3 is 5.69 Å². The Kier molecular flexibility index (Phi) is 5.17. The molecule has 0 spiro atoms. The lowest BCUT2D eigenvalue weighted by atomic mass is 10.1. The summed E-state index contributed by atoms with van der Waals surface area (Å²) in [6.07, 6.45) is 3.58. The molecule has 2 N–H and O–H groups in total. The molecule has 1 atom stereocenters. The maximum Gasteiger partial charge on any atom is 0.343 e. The van der Waals surface area contributed by atoms with Crippen LogP contribution < -0.4 is 11.0 Å². The Labute approximate surface area is 138 Å². The number of aromatic amines is 1. The Hall–Kier alpha value is -2.02. The Bertz CT molecular complexity index is 710. The van der Waals surface area contributed by atoms with Gasteiger partial charge in [-0.05, 0) is 24.8 Å². The van der Waals surface area contributed by atoms with E-state index < -0.39 is 0 Å². The summed E-state index contributed by atoms with van der Waals surface area (Å²) >= 11 is 1.38. The molecule has 1 fully saturated rings. The highest BCUT2D eigenvalue weighted by molar-refractivity contribution is 8.00. The summed E-state index contributed by atoms with van der Waals surface area (Å²) in [5, 5.41) is 9.92. The average molecular weight is 332 g/mol. The van der Waals surface area contributed by atoms with E-state index in [2.05, 4.69) is 15.5 Å². The fourth-order valence-corrected chi connectivity index (χ4v) is 3.76. The van der Waals surface area contributed by atoms with E-state index in [0.29, 0.717) is 11.7 Å². The van der Waals surface area contributed by atoms with Crippen LogP contribution in [0.2, 0.25) is 0 Å². The molecule has 0 aliphatic carbocycles. The third kappa shape index (κ3) is 4.04. The molecule has 7 heteroatoms. The van der Waals surface area contributed by atoms with Crippen LogP contribution in [0.5, 0.6) is 0 Å². The lowest BCUT2D eigenvalue weighted by molar-refractivity contribution is -0.120. The van der Waals surface area contributed by atoms with Gasteiger partial charge in [0.15, 0.2) is 5.16 Å². The van der Waals surface area contributed by atoms with Gasteiger partial charge < -0.3 is 5.32 Å². The van der Waals surface area contributed by atoms with Crippen LogP contribution in [0.1, 0.15) is 24.8 Å². The van der Waals surface area contributed by atoms with E-state index in [4.69, 9.17) is 0 Å². The first-order valence-corrected chi connectivity index (χ1v) is 8.75. The van der Waals surface area contributed by atoms with Crippen LogP contribution in [0.25, 0.3) is 0 Å². The normalized spacial score (nSPS) is 18.4. The van der Waals surface area contributed by atoms with Gasteiger partial charge in [0, 0.05) is 13.1 Å². The van der Waals surface area contributed by atoms with Gasteiger partial charge in [0.05, 0.1) is 5.25 Å². The highest BCUT2D eigenvalue weighted by Gasteiger charge is 2.24. The number of aryl methyl sites for hydroxylation is 1. The van der Waals surface area contributed by atoms with E-state index in [0.717, 1.165) is 32.2 Å². The SMILES string of the molecule is O=C1NCCCC[C@@H]1Sc1n[nH]c(=O)n1CCc1ccccc1. The molecule has 1 aromatic heterocycles. The largest absolute Gasteiger partial charge is 0.355 e. The minimum absolute atomic E-state index is 0.0394. The molecule has 3 rings (SSSR count). The van der Waals surface area contributed by atoms with Crippen LogP contribution in [-0.4, -0.2) is 32.5 Å². The number of nitrogens with one attached hydrogen (secondary N) is 2. The summed E-state index contributed by atoms with van der Waals surface area (Å²) in [5.41, 5.74) is 0.946. The van der Waals surface area contributed by atoms with Gasteiger partial charge in [-0.2, -0.15) is 0 Å². The fourth-order valence-electron chi connectivity index (χ4n) is 2.63. The molecule has 1 aliphatic rings. The quantitative estimate of drug-likeness (QED) is 0.871. The van der Waals surface area contributed by atoms with E-state index in [1.807, 2.05) is 30.3 Å². The molecule has 1 saturated heterocycles. The average Bonchev–Trinajstić information content (AvgIpc) is 2.78. The molecule has 1 aliphatic heterocycles. The number of amides is 1. The highest BCUT2D eigenvalue weighted by Crippen LogP contribution is 2.25. The van der Waals surface area contributed by atoms with Crippen molar-refractivity contribution in [1.82, 2.24) is 20.1 Å². The Morgan fingerprint density at radius 3 is 2.87 bits per heavy atom.